The highest BCUT2D eigenvalue weighted by Crippen LogP contribution is 2.35. The van der Waals surface area contributed by atoms with Gasteiger partial charge in [-0.1, -0.05) is 24.3 Å². The number of carboxylic acid groups (broad SMARTS) is 1. The number of para-hydroxylation sites is 1. The number of hydrogen-bond donors (Lipinski definition) is 2. The lowest BCUT2D eigenvalue weighted by molar-refractivity contribution is -0.147. The number of rotatable bonds is 6. The van der Waals surface area contributed by atoms with E-state index in [1.54, 1.807) is 23.1 Å². The highest BCUT2D eigenvalue weighted by atomic mass is 79.9. The smallest absolute Gasteiger partial charge is 0.321 e. The molecule has 8 heteroatoms. The van der Waals surface area contributed by atoms with Gasteiger partial charge in [0.1, 0.15) is 11.9 Å². The van der Waals surface area contributed by atoms with Crippen LogP contribution >= 0.6 is 15.9 Å². The SMILES string of the molecule is O=C(O)C(C1CCN(C(=O)C=Cc2ccc(F)c(Br)c2)CC1)N1CCC(c2c[nH]c3ccccc23)CC1. The number of hydrogen-bond acceptors (Lipinski definition) is 3. The molecule has 1 unspecified atom stereocenters. The zero-order valence-electron chi connectivity index (χ0n) is 20.6. The molecular weight excluding hydrogens is 537 g/mol. The van der Waals surface area contributed by atoms with Crippen LogP contribution in [0.4, 0.5) is 4.39 Å². The van der Waals surface area contributed by atoms with Crippen LogP contribution in [0.2, 0.25) is 0 Å². The van der Waals surface area contributed by atoms with Crippen LogP contribution in [0.1, 0.15) is 42.7 Å². The molecule has 2 aromatic carbocycles. The molecule has 2 saturated heterocycles. The van der Waals surface area contributed by atoms with E-state index in [-0.39, 0.29) is 17.6 Å². The predicted molar refractivity (Wildman–Crippen MR) is 146 cm³/mol. The first-order chi connectivity index (χ1) is 17.9. The molecule has 3 aromatic rings. The molecule has 0 spiro atoms. The zero-order valence-corrected chi connectivity index (χ0v) is 22.2. The number of likely N-dealkylation sites (tertiary alicyclic amines) is 2. The van der Waals surface area contributed by atoms with Crippen LogP contribution in [0, 0.1) is 11.7 Å². The Morgan fingerprint density at radius 3 is 2.49 bits per heavy atom. The van der Waals surface area contributed by atoms with E-state index in [9.17, 15) is 19.1 Å². The van der Waals surface area contributed by atoms with Gasteiger partial charge >= 0.3 is 5.97 Å². The van der Waals surface area contributed by atoms with Gasteiger partial charge in [-0.15, -0.1) is 0 Å². The number of piperidine rings is 2. The fraction of sp³-hybridized carbons (Fsp3) is 0.379. The highest BCUT2D eigenvalue weighted by molar-refractivity contribution is 9.10. The van der Waals surface area contributed by atoms with Crippen LogP contribution in [0.5, 0.6) is 0 Å². The number of halogens is 2. The maximum Gasteiger partial charge on any atom is 0.321 e. The van der Waals surface area contributed by atoms with Crippen molar-refractivity contribution in [2.45, 2.75) is 37.6 Å². The second kappa shape index (κ2) is 11.2. The maximum atomic E-state index is 13.4. The van der Waals surface area contributed by atoms with E-state index >= 15 is 0 Å². The molecule has 1 atom stereocenters. The first-order valence-corrected chi connectivity index (χ1v) is 13.6. The van der Waals surface area contributed by atoms with Crippen LogP contribution in [0.25, 0.3) is 17.0 Å². The number of carbonyl (C=O) groups is 2. The van der Waals surface area contributed by atoms with Crippen molar-refractivity contribution in [3.8, 4) is 0 Å². The molecule has 0 saturated carbocycles. The lowest BCUT2D eigenvalue weighted by Gasteiger charge is -2.41. The van der Waals surface area contributed by atoms with E-state index in [0.717, 1.165) is 37.0 Å². The Morgan fingerprint density at radius 1 is 1.05 bits per heavy atom. The van der Waals surface area contributed by atoms with Gasteiger partial charge in [0, 0.05) is 36.3 Å². The first kappa shape index (κ1) is 25.7. The molecule has 6 nitrogen and oxygen atoms in total. The van der Waals surface area contributed by atoms with Gasteiger partial charge in [-0.25, -0.2) is 4.39 Å². The normalized spacial score (nSPS) is 19.0. The Kier molecular flexibility index (Phi) is 7.76. The van der Waals surface area contributed by atoms with E-state index < -0.39 is 12.0 Å². The number of aromatic nitrogens is 1. The summed E-state index contributed by atoms with van der Waals surface area (Å²) in [4.78, 5) is 32.3. The number of nitrogens with zero attached hydrogens (tertiary/aromatic N) is 2. The van der Waals surface area contributed by atoms with Crippen LogP contribution in [0.3, 0.4) is 0 Å². The quantitative estimate of drug-likeness (QED) is 0.377. The molecule has 5 rings (SSSR count). The standard InChI is InChI=1S/C29H31BrFN3O3/c30-24-17-19(5-7-25(24)31)6-8-27(35)33-13-11-21(12-14-33)28(29(36)37)34-15-9-20(10-16-34)23-18-32-26-4-2-1-3-22(23)26/h1-8,17-18,20-21,28,32H,9-16H2,(H,36,37). The van der Waals surface area contributed by atoms with Crippen molar-refractivity contribution >= 4 is 44.8 Å². The third-order valence-corrected chi connectivity index (χ3v) is 8.50. The summed E-state index contributed by atoms with van der Waals surface area (Å²) in [5.74, 6) is -0.777. The lowest BCUT2D eigenvalue weighted by atomic mass is 9.84. The van der Waals surface area contributed by atoms with Crippen LogP contribution in [-0.2, 0) is 9.59 Å². The summed E-state index contributed by atoms with van der Waals surface area (Å²) in [7, 11) is 0. The molecule has 2 aliphatic rings. The van der Waals surface area contributed by atoms with Gasteiger partial charge in [-0.05, 0) is 102 Å². The zero-order chi connectivity index (χ0) is 25.9. The summed E-state index contributed by atoms with van der Waals surface area (Å²) in [6.45, 7) is 2.60. The monoisotopic (exact) mass is 567 g/mol. The summed E-state index contributed by atoms with van der Waals surface area (Å²) < 4.78 is 13.8. The van der Waals surface area contributed by atoms with Gasteiger partial charge < -0.3 is 15.0 Å². The number of nitrogens with one attached hydrogen (secondary N) is 1. The Morgan fingerprint density at radius 2 is 1.78 bits per heavy atom. The van der Waals surface area contributed by atoms with Gasteiger partial charge in [0.2, 0.25) is 5.91 Å². The molecule has 37 heavy (non-hydrogen) atoms. The summed E-state index contributed by atoms with van der Waals surface area (Å²) in [5, 5.41) is 11.4. The van der Waals surface area contributed by atoms with E-state index in [4.69, 9.17) is 0 Å². The molecular formula is C29H31BrFN3O3. The Balaban J connectivity index is 1.16. The molecule has 2 fully saturated rings. The number of fused-ring (bicyclic) bond motifs is 1. The van der Waals surface area contributed by atoms with Crippen molar-refractivity contribution in [2.24, 2.45) is 5.92 Å². The minimum absolute atomic E-state index is 0.0169. The number of amides is 1. The molecule has 0 bridgehead atoms. The topological polar surface area (TPSA) is 76.6 Å². The summed E-state index contributed by atoms with van der Waals surface area (Å²) in [5.41, 5.74) is 3.21. The van der Waals surface area contributed by atoms with E-state index in [0.29, 0.717) is 36.3 Å². The van der Waals surface area contributed by atoms with Gasteiger partial charge in [-0.3, -0.25) is 14.5 Å². The second-order valence-corrected chi connectivity index (χ2v) is 10.9. The second-order valence-electron chi connectivity index (χ2n) is 10.1. The first-order valence-electron chi connectivity index (χ1n) is 12.9. The minimum Gasteiger partial charge on any atom is -0.480 e. The van der Waals surface area contributed by atoms with Gasteiger partial charge in [0.15, 0.2) is 0 Å². The van der Waals surface area contributed by atoms with Crippen LogP contribution in [-0.4, -0.2) is 64.0 Å². The third kappa shape index (κ3) is 5.65. The molecule has 0 aliphatic carbocycles. The fourth-order valence-electron chi connectivity index (χ4n) is 5.90. The Hall–Kier alpha value is -2.97. The van der Waals surface area contributed by atoms with Crippen molar-refractivity contribution in [3.63, 3.8) is 0 Å². The lowest BCUT2D eigenvalue weighted by Crippen LogP contribution is -2.52. The molecule has 2 aliphatic heterocycles. The summed E-state index contributed by atoms with van der Waals surface area (Å²) in [6, 6.07) is 12.4. The van der Waals surface area contributed by atoms with E-state index in [2.05, 4.69) is 50.2 Å². The molecule has 194 valence electrons. The molecule has 1 aromatic heterocycles. The summed E-state index contributed by atoms with van der Waals surface area (Å²) in [6.07, 6.45) is 8.50. The van der Waals surface area contributed by atoms with Crippen molar-refractivity contribution in [3.05, 3.63) is 76.2 Å². The number of aromatic amines is 1. The molecule has 2 N–H and O–H groups in total. The Bertz CT molecular complexity index is 1310. The molecule has 1 amide bonds. The minimum atomic E-state index is -0.767. The predicted octanol–water partition coefficient (Wildman–Crippen LogP) is 5.65. The van der Waals surface area contributed by atoms with Crippen molar-refractivity contribution in [1.82, 2.24) is 14.8 Å². The fourth-order valence-corrected chi connectivity index (χ4v) is 6.30. The van der Waals surface area contributed by atoms with E-state index in [1.165, 1.54) is 23.1 Å². The van der Waals surface area contributed by atoms with Gasteiger partial charge in [-0.2, -0.15) is 0 Å². The maximum absolute atomic E-state index is 13.4. The Labute approximate surface area is 224 Å². The number of benzene rings is 2. The number of H-pyrrole nitrogens is 1. The molecule has 3 heterocycles. The highest BCUT2D eigenvalue weighted by Gasteiger charge is 2.38. The average Bonchev–Trinajstić information content (AvgIpc) is 3.34. The number of carbonyl (C=O) groups excluding carboxylic acids is 1. The number of carboxylic acids is 1. The molecule has 0 radical (unpaired) electrons. The van der Waals surface area contributed by atoms with Gasteiger partial charge in [0.25, 0.3) is 0 Å². The third-order valence-electron chi connectivity index (χ3n) is 7.90. The summed E-state index contributed by atoms with van der Waals surface area (Å²) >= 11 is 3.16. The largest absolute Gasteiger partial charge is 0.480 e. The number of aliphatic carboxylic acids is 1. The van der Waals surface area contributed by atoms with E-state index in [1.807, 2.05) is 6.07 Å². The average molecular weight is 568 g/mol. The van der Waals surface area contributed by atoms with Gasteiger partial charge in [0.05, 0.1) is 4.47 Å². The van der Waals surface area contributed by atoms with Crippen LogP contribution in [0.15, 0.2) is 59.2 Å². The van der Waals surface area contributed by atoms with Crippen molar-refractivity contribution in [1.29, 1.82) is 0 Å². The van der Waals surface area contributed by atoms with Crippen molar-refractivity contribution in [2.75, 3.05) is 26.2 Å². The van der Waals surface area contributed by atoms with Crippen molar-refractivity contribution < 1.29 is 19.1 Å². The van der Waals surface area contributed by atoms with Crippen LogP contribution < -0.4 is 0 Å².